The lowest BCUT2D eigenvalue weighted by Gasteiger charge is -2.03. The van der Waals surface area contributed by atoms with Gasteiger partial charge in [0.25, 0.3) is 0 Å². The summed E-state index contributed by atoms with van der Waals surface area (Å²) in [6.07, 6.45) is 0. The third-order valence-corrected chi connectivity index (χ3v) is 3.37. The van der Waals surface area contributed by atoms with Gasteiger partial charge in [-0.15, -0.1) is 16.4 Å². The zero-order chi connectivity index (χ0) is 9.26. The molecule has 0 aliphatic rings. The Bertz CT molecular complexity index is 380. The first-order chi connectivity index (χ1) is 6.27. The van der Waals surface area contributed by atoms with Crippen molar-refractivity contribution in [2.75, 3.05) is 0 Å². The highest BCUT2D eigenvalue weighted by molar-refractivity contribution is 7.12. The first kappa shape index (κ1) is 8.80. The molecular weight excluding hydrogens is 202 g/mol. The van der Waals surface area contributed by atoms with Gasteiger partial charge in [-0.1, -0.05) is 4.49 Å². The molecule has 68 valence electrons. The predicted octanol–water partition coefficient (Wildman–Crippen LogP) is 1.96. The highest BCUT2D eigenvalue weighted by atomic mass is 32.1. The van der Waals surface area contributed by atoms with Gasteiger partial charge in [0, 0.05) is 15.1 Å². The standard InChI is InChI=1S/C8H9N3S2/c1-5-2-3-7(13-5)8(9)6-4-12-11-10-6/h2-4,8H,9H2,1H3. The lowest BCUT2D eigenvalue weighted by Crippen LogP contribution is -2.10. The van der Waals surface area contributed by atoms with Gasteiger partial charge in [0.2, 0.25) is 0 Å². The molecule has 2 aromatic heterocycles. The van der Waals surface area contributed by atoms with Gasteiger partial charge in [-0.3, -0.25) is 0 Å². The molecule has 0 fully saturated rings. The third-order valence-electron chi connectivity index (χ3n) is 1.76. The van der Waals surface area contributed by atoms with Crippen LogP contribution in [-0.2, 0) is 0 Å². The minimum atomic E-state index is -0.113. The maximum Gasteiger partial charge on any atom is 0.0976 e. The van der Waals surface area contributed by atoms with Gasteiger partial charge >= 0.3 is 0 Å². The van der Waals surface area contributed by atoms with Crippen LogP contribution in [0.15, 0.2) is 17.5 Å². The van der Waals surface area contributed by atoms with Crippen LogP contribution in [0.1, 0.15) is 21.5 Å². The van der Waals surface area contributed by atoms with Crippen molar-refractivity contribution in [1.82, 2.24) is 9.59 Å². The first-order valence-corrected chi connectivity index (χ1v) is 5.51. The van der Waals surface area contributed by atoms with Gasteiger partial charge < -0.3 is 5.73 Å². The quantitative estimate of drug-likeness (QED) is 0.826. The van der Waals surface area contributed by atoms with Crippen LogP contribution in [0.2, 0.25) is 0 Å². The van der Waals surface area contributed by atoms with Crippen molar-refractivity contribution in [3.63, 3.8) is 0 Å². The van der Waals surface area contributed by atoms with Crippen molar-refractivity contribution in [3.8, 4) is 0 Å². The van der Waals surface area contributed by atoms with Crippen LogP contribution in [0.5, 0.6) is 0 Å². The van der Waals surface area contributed by atoms with Gasteiger partial charge in [0.1, 0.15) is 0 Å². The molecule has 1 unspecified atom stereocenters. The number of thiophene rings is 1. The van der Waals surface area contributed by atoms with Crippen molar-refractivity contribution >= 4 is 22.9 Å². The molecule has 0 saturated heterocycles. The second-order valence-electron chi connectivity index (χ2n) is 2.76. The SMILES string of the molecule is Cc1ccc(C(N)c2csnn2)s1. The molecule has 0 aliphatic heterocycles. The third kappa shape index (κ3) is 1.77. The lowest BCUT2D eigenvalue weighted by molar-refractivity contribution is 0.834. The number of aromatic nitrogens is 2. The second-order valence-corrected chi connectivity index (χ2v) is 4.69. The van der Waals surface area contributed by atoms with E-state index < -0.39 is 0 Å². The van der Waals surface area contributed by atoms with Crippen molar-refractivity contribution in [1.29, 1.82) is 0 Å². The van der Waals surface area contributed by atoms with E-state index in [2.05, 4.69) is 22.6 Å². The number of rotatable bonds is 2. The fourth-order valence-electron chi connectivity index (χ4n) is 1.07. The van der Waals surface area contributed by atoms with Crippen LogP contribution in [0.3, 0.4) is 0 Å². The minimum absolute atomic E-state index is 0.113. The summed E-state index contributed by atoms with van der Waals surface area (Å²) in [7, 11) is 0. The lowest BCUT2D eigenvalue weighted by atomic mass is 10.2. The highest BCUT2D eigenvalue weighted by Crippen LogP contribution is 2.25. The van der Waals surface area contributed by atoms with Crippen LogP contribution >= 0.6 is 22.9 Å². The maximum atomic E-state index is 5.99. The van der Waals surface area contributed by atoms with Crippen LogP contribution in [0.25, 0.3) is 0 Å². The van der Waals surface area contributed by atoms with E-state index in [1.807, 2.05) is 11.4 Å². The van der Waals surface area contributed by atoms with Crippen molar-refractivity contribution in [2.24, 2.45) is 5.73 Å². The normalized spacial score (nSPS) is 13.1. The Morgan fingerprint density at radius 1 is 1.46 bits per heavy atom. The molecule has 0 saturated carbocycles. The smallest absolute Gasteiger partial charge is 0.0976 e. The molecule has 2 aromatic rings. The van der Waals surface area contributed by atoms with Crippen molar-refractivity contribution < 1.29 is 0 Å². The average molecular weight is 211 g/mol. The molecule has 0 radical (unpaired) electrons. The van der Waals surface area contributed by atoms with Crippen LogP contribution in [0, 0.1) is 6.92 Å². The van der Waals surface area contributed by atoms with Gasteiger partial charge in [-0.05, 0) is 30.6 Å². The molecule has 13 heavy (non-hydrogen) atoms. The Labute approximate surface area is 84.4 Å². The van der Waals surface area contributed by atoms with E-state index in [1.165, 1.54) is 16.4 Å². The monoisotopic (exact) mass is 211 g/mol. The van der Waals surface area contributed by atoms with E-state index in [0.717, 1.165) is 10.6 Å². The summed E-state index contributed by atoms with van der Waals surface area (Å²) >= 11 is 3.04. The topological polar surface area (TPSA) is 51.8 Å². The zero-order valence-electron chi connectivity index (χ0n) is 7.10. The first-order valence-electron chi connectivity index (χ1n) is 3.86. The minimum Gasteiger partial charge on any atom is -0.318 e. The molecule has 0 aliphatic carbocycles. The molecule has 0 amide bonds. The fraction of sp³-hybridized carbons (Fsp3) is 0.250. The van der Waals surface area contributed by atoms with Crippen molar-refractivity contribution in [2.45, 2.75) is 13.0 Å². The summed E-state index contributed by atoms with van der Waals surface area (Å²) < 4.78 is 3.79. The summed E-state index contributed by atoms with van der Waals surface area (Å²) in [5, 5.41) is 5.84. The summed E-state index contributed by atoms with van der Waals surface area (Å²) in [4.78, 5) is 2.42. The van der Waals surface area contributed by atoms with Gasteiger partial charge in [-0.2, -0.15) is 0 Å². The molecule has 3 nitrogen and oxygen atoms in total. The second kappa shape index (κ2) is 3.53. The fourth-order valence-corrected chi connectivity index (χ4v) is 2.46. The average Bonchev–Trinajstić information content (AvgIpc) is 2.72. The molecule has 5 heteroatoms. The number of nitrogens with zero attached hydrogens (tertiary/aromatic N) is 2. The molecular formula is C8H9N3S2. The maximum absolute atomic E-state index is 5.99. The Hall–Kier alpha value is -0.780. The van der Waals surface area contributed by atoms with E-state index in [0.29, 0.717) is 0 Å². The molecule has 2 rings (SSSR count). The highest BCUT2D eigenvalue weighted by Gasteiger charge is 2.12. The predicted molar refractivity (Wildman–Crippen MR) is 55.0 cm³/mol. The number of nitrogens with two attached hydrogens (primary N) is 1. The van der Waals surface area contributed by atoms with Crippen LogP contribution in [0.4, 0.5) is 0 Å². The number of hydrogen-bond acceptors (Lipinski definition) is 5. The van der Waals surface area contributed by atoms with Gasteiger partial charge in [0.05, 0.1) is 11.7 Å². The summed E-state index contributed by atoms with van der Waals surface area (Å²) in [5.41, 5.74) is 6.84. The van der Waals surface area contributed by atoms with Crippen LogP contribution < -0.4 is 5.73 Å². The molecule has 0 aromatic carbocycles. The van der Waals surface area contributed by atoms with Gasteiger partial charge in [-0.25, -0.2) is 0 Å². The summed E-state index contributed by atoms with van der Waals surface area (Å²) in [6.45, 7) is 2.07. The largest absolute Gasteiger partial charge is 0.318 e. The molecule has 0 bridgehead atoms. The van der Waals surface area contributed by atoms with E-state index in [1.54, 1.807) is 11.3 Å². The Balaban J connectivity index is 2.28. The number of aryl methyl sites for hydroxylation is 1. The van der Waals surface area contributed by atoms with E-state index in [-0.39, 0.29) is 6.04 Å². The molecule has 2 N–H and O–H groups in total. The Morgan fingerprint density at radius 2 is 2.31 bits per heavy atom. The molecule has 1 atom stereocenters. The summed E-state index contributed by atoms with van der Waals surface area (Å²) in [5.74, 6) is 0. The zero-order valence-corrected chi connectivity index (χ0v) is 8.73. The van der Waals surface area contributed by atoms with Crippen molar-refractivity contribution in [3.05, 3.63) is 33.0 Å². The molecule has 0 spiro atoms. The number of hydrogen-bond donors (Lipinski definition) is 1. The van der Waals surface area contributed by atoms with Gasteiger partial charge in [0.15, 0.2) is 0 Å². The Kier molecular flexibility index (Phi) is 2.39. The van der Waals surface area contributed by atoms with E-state index in [9.17, 15) is 0 Å². The van der Waals surface area contributed by atoms with E-state index in [4.69, 9.17) is 5.73 Å². The Morgan fingerprint density at radius 3 is 2.85 bits per heavy atom. The van der Waals surface area contributed by atoms with E-state index >= 15 is 0 Å². The summed E-state index contributed by atoms with van der Waals surface area (Å²) in [6, 6.07) is 4.00. The van der Waals surface area contributed by atoms with Crippen LogP contribution in [-0.4, -0.2) is 9.59 Å². The molecule has 2 heterocycles.